The number of hydrogen-bond donors (Lipinski definition) is 2. The molecule has 2 heterocycles. The van der Waals surface area contributed by atoms with E-state index in [1.165, 1.54) is 0 Å². The van der Waals surface area contributed by atoms with Crippen LogP contribution in [-0.4, -0.2) is 26.0 Å². The molecule has 0 aliphatic carbocycles. The molecule has 86 valence electrons. The molecule has 0 aliphatic heterocycles. The summed E-state index contributed by atoms with van der Waals surface area (Å²) >= 11 is 3.26. The zero-order valence-electron chi connectivity index (χ0n) is 8.35. The summed E-state index contributed by atoms with van der Waals surface area (Å²) in [5.41, 5.74) is -0.664. The summed E-state index contributed by atoms with van der Waals surface area (Å²) in [6.07, 6.45) is 2.56. The van der Waals surface area contributed by atoms with E-state index in [2.05, 4.69) is 30.9 Å². The fourth-order valence-electron chi connectivity index (χ4n) is 1.23. The fraction of sp³-hybridized carbons (Fsp3) is 0. The van der Waals surface area contributed by atoms with Gasteiger partial charge in [-0.1, -0.05) is 0 Å². The van der Waals surface area contributed by atoms with E-state index < -0.39 is 17.1 Å². The lowest BCUT2D eigenvalue weighted by Gasteiger charge is -2.02. The Morgan fingerprint density at radius 1 is 1.41 bits per heavy atom. The lowest BCUT2D eigenvalue weighted by molar-refractivity contribution is 0.0694. The zero-order valence-corrected chi connectivity index (χ0v) is 9.93. The number of aromatic carboxylic acids is 1. The second kappa shape index (κ2) is 4.46. The zero-order chi connectivity index (χ0) is 12.4. The average Bonchev–Trinajstić information content (AvgIpc) is 2.29. The van der Waals surface area contributed by atoms with Crippen LogP contribution in [0.3, 0.4) is 0 Å². The van der Waals surface area contributed by atoms with Crippen molar-refractivity contribution in [2.45, 2.75) is 0 Å². The summed E-state index contributed by atoms with van der Waals surface area (Å²) < 4.78 is 0.659. The van der Waals surface area contributed by atoms with Gasteiger partial charge in [0.2, 0.25) is 0 Å². The van der Waals surface area contributed by atoms with Crippen molar-refractivity contribution in [1.29, 1.82) is 0 Å². The van der Waals surface area contributed by atoms with Gasteiger partial charge in [0, 0.05) is 16.9 Å². The average molecular weight is 296 g/mol. The van der Waals surface area contributed by atoms with Crippen molar-refractivity contribution < 1.29 is 9.90 Å². The predicted molar refractivity (Wildman–Crippen MR) is 62.7 cm³/mol. The number of carboxylic acid groups (broad SMARTS) is 1. The number of aromatic nitrogens is 3. The predicted octanol–water partition coefficient (Wildman–Crippen LogP) is 1.29. The molecule has 2 aromatic rings. The van der Waals surface area contributed by atoms with E-state index in [0.717, 1.165) is 6.20 Å². The Kier molecular flexibility index (Phi) is 3.01. The van der Waals surface area contributed by atoms with Crippen LogP contribution in [0.4, 0.5) is 0 Å². The first-order valence-electron chi connectivity index (χ1n) is 4.53. The number of carboxylic acids is 1. The standard InChI is InChI=1S/C10H6BrN3O3/c11-6-2-1-3-12-7(6)8-13-4-5(10(16)17)9(15)14-8/h1-4H,(H,16,17)(H,13,14,15). The van der Waals surface area contributed by atoms with Gasteiger partial charge in [-0.15, -0.1) is 0 Å². The van der Waals surface area contributed by atoms with Gasteiger partial charge in [-0.25, -0.2) is 9.78 Å². The molecule has 0 radical (unpaired) electrons. The van der Waals surface area contributed by atoms with Crippen LogP contribution >= 0.6 is 15.9 Å². The van der Waals surface area contributed by atoms with Crippen LogP contribution < -0.4 is 5.56 Å². The third-order valence-corrected chi connectivity index (χ3v) is 2.65. The minimum atomic E-state index is -1.31. The number of halogens is 1. The highest BCUT2D eigenvalue weighted by Crippen LogP contribution is 2.21. The molecule has 7 heteroatoms. The highest BCUT2D eigenvalue weighted by Gasteiger charge is 2.12. The molecule has 0 spiro atoms. The van der Waals surface area contributed by atoms with Crippen molar-refractivity contribution >= 4 is 21.9 Å². The van der Waals surface area contributed by atoms with Crippen molar-refractivity contribution in [3.63, 3.8) is 0 Å². The third kappa shape index (κ3) is 2.23. The molecule has 0 amide bonds. The van der Waals surface area contributed by atoms with Gasteiger partial charge in [0.15, 0.2) is 5.82 Å². The monoisotopic (exact) mass is 295 g/mol. The normalized spacial score (nSPS) is 10.2. The van der Waals surface area contributed by atoms with Crippen molar-refractivity contribution in [3.05, 3.63) is 44.9 Å². The molecule has 2 N–H and O–H groups in total. The van der Waals surface area contributed by atoms with Gasteiger partial charge in [-0.05, 0) is 28.1 Å². The van der Waals surface area contributed by atoms with Gasteiger partial charge in [0.05, 0.1) is 0 Å². The van der Waals surface area contributed by atoms with Crippen LogP contribution in [0.2, 0.25) is 0 Å². The molecular weight excluding hydrogens is 290 g/mol. The lowest BCUT2D eigenvalue weighted by Crippen LogP contribution is -2.19. The summed E-state index contributed by atoms with van der Waals surface area (Å²) in [5, 5.41) is 8.70. The van der Waals surface area contributed by atoms with Crippen molar-refractivity contribution in [2.75, 3.05) is 0 Å². The second-order valence-electron chi connectivity index (χ2n) is 3.11. The summed E-state index contributed by atoms with van der Waals surface area (Å²) in [5.74, 6) is -1.10. The maximum absolute atomic E-state index is 11.4. The number of aromatic amines is 1. The molecule has 17 heavy (non-hydrogen) atoms. The first-order valence-corrected chi connectivity index (χ1v) is 5.32. The van der Waals surface area contributed by atoms with E-state index in [0.29, 0.717) is 10.2 Å². The Hall–Kier alpha value is -2.02. The van der Waals surface area contributed by atoms with E-state index in [-0.39, 0.29) is 5.82 Å². The summed E-state index contributed by atoms with van der Waals surface area (Å²) in [6.45, 7) is 0. The lowest BCUT2D eigenvalue weighted by atomic mass is 10.3. The Morgan fingerprint density at radius 2 is 2.18 bits per heavy atom. The van der Waals surface area contributed by atoms with Gasteiger partial charge in [0.25, 0.3) is 5.56 Å². The molecule has 0 bridgehead atoms. The van der Waals surface area contributed by atoms with Crippen LogP contribution in [0.1, 0.15) is 10.4 Å². The highest BCUT2D eigenvalue weighted by molar-refractivity contribution is 9.10. The Labute approximate surface area is 103 Å². The van der Waals surface area contributed by atoms with Crippen LogP contribution in [0.5, 0.6) is 0 Å². The Morgan fingerprint density at radius 3 is 2.76 bits per heavy atom. The van der Waals surface area contributed by atoms with Gasteiger partial charge in [-0.3, -0.25) is 9.78 Å². The molecule has 0 unspecified atom stereocenters. The SMILES string of the molecule is O=C(O)c1cnc(-c2ncccc2Br)[nH]c1=O. The number of nitrogens with one attached hydrogen (secondary N) is 1. The molecule has 0 saturated carbocycles. The Bertz CT molecular complexity index is 639. The second-order valence-corrected chi connectivity index (χ2v) is 3.97. The fourth-order valence-corrected chi connectivity index (χ4v) is 1.67. The molecule has 0 atom stereocenters. The third-order valence-electron chi connectivity index (χ3n) is 2.01. The van der Waals surface area contributed by atoms with Gasteiger partial charge in [0.1, 0.15) is 11.3 Å². The van der Waals surface area contributed by atoms with Crippen LogP contribution in [0, 0.1) is 0 Å². The summed E-state index contributed by atoms with van der Waals surface area (Å²) in [6, 6.07) is 3.46. The van der Waals surface area contributed by atoms with Crippen LogP contribution in [0.15, 0.2) is 33.8 Å². The van der Waals surface area contributed by atoms with Crippen molar-refractivity contribution in [1.82, 2.24) is 15.0 Å². The quantitative estimate of drug-likeness (QED) is 0.870. The molecule has 2 aromatic heterocycles. The number of rotatable bonds is 2. The number of hydrogen-bond acceptors (Lipinski definition) is 4. The maximum Gasteiger partial charge on any atom is 0.342 e. The maximum atomic E-state index is 11.4. The minimum absolute atomic E-state index is 0.215. The molecule has 0 aliphatic rings. The molecule has 0 fully saturated rings. The smallest absolute Gasteiger partial charge is 0.342 e. The highest BCUT2D eigenvalue weighted by atomic mass is 79.9. The first kappa shape index (κ1) is 11.5. The van der Waals surface area contributed by atoms with E-state index in [1.54, 1.807) is 18.3 Å². The minimum Gasteiger partial charge on any atom is -0.477 e. The number of nitrogens with zero attached hydrogens (tertiary/aromatic N) is 2. The van der Waals surface area contributed by atoms with E-state index in [1.807, 2.05) is 0 Å². The van der Waals surface area contributed by atoms with E-state index in [9.17, 15) is 9.59 Å². The first-order chi connectivity index (χ1) is 8.09. The number of carbonyl (C=O) groups is 1. The summed E-state index contributed by atoms with van der Waals surface area (Å²) in [7, 11) is 0. The molecule has 0 aromatic carbocycles. The molecule has 2 rings (SSSR count). The summed E-state index contributed by atoms with van der Waals surface area (Å²) in [4.78, 5) is 32.4. The van der Waals surface area contributed by atoms with Gasteiger partial charge < -0.3 is 10.1 Å². The van der Waals surface area contributed by atoms with E-state index >= 15 is 0 Å². The largest absolute Gasteiger partial charge is 0.477 e. The van der Waals surface area contributed by atoms with Crippen LogP contribution in [-0.2, 0) is 0 Å². The topological polar surface area (TPSA) is 95.9 Å². The van der Waals surface area contributed by atoms with E-state index in [4.69, 9.17) is 5.11 Å². The number of H-pyrrole nitrogens is 1. The van der Waals surface area contributed by atoms with Crippen LogP contribution in [0.25, 0.3) is 11.5 Å². The number of pyridine rings is 1. The van der Waals surface area contributed by atoms with Crippen molar-refractivity contribution in [2.24, 2.45) is 0 Å². The molecule has 6 nitrogen and oxygen atoms in total. The molecule has 0 saturated heterocycles. The molecular formula is C10H6BrN3O3. The van der Waals surface area contributed by atoms with Gasteiger partial charge in [-0.2, -0.15) is 0 Å². The van der Waals surface area contributed by atoms with Gasteiger partial charge >= 0.3 is 5.97 Å². The van der Waals surface area contributed by atoms with Crippen molar-refractivity contribution in [3.8, 4) is 11.5 Å². The Balaban J connectivity index is 2.57.